The summed E-state index contributed by atoms with van der Waals surface area (Å²) in [5.41, 5.74) is 4.22. The molecule has 0 spiro atoms. The Bertz CT molecular complexity index is 567. The lowest BCUT2D eigenvalue weighted by atomic mass is 9.97. The fourth-order valence-electron chi connectivity index (χ4n) is 3.08. The molecule has 1 aromatic rings. The van der Waals surface area contributed by atoms with E-state index < -0.39 is 0 Å². The van der Waals surface area contributed by atoms with Gasteiger partial charge in [0, 0.05) is 26.7 Å². The van der Waals surface area contributed by atoms with Crippen LogP contribution in [0, 0.1) is 0 Å². The average Bonchev–Trinajstić information content (AvgIpc) is 2.58. The van der Waals surface area contributed by atoms with E-state index in [9.17, 15) is 0 Å². The fraction of sp³-hybridized carbons (Fsp3) is 0.550. The van der Waals surface area contributed by atoms with E-state index in [-0.39, 0.29) is 24.0 Å². The number of halogens is 1. The molecule has 1 aliphatic carbocycles. The monoisotopic (exact) mass is 456 g/mol. The van der Waals surface area contributed by atoms with Crippen molar-refractivity contribution in [2.24, 2.45) is 4.99 Å². The molecule has 0 fully saturated rings. The molecule has 0 amide bonds. The Morgan fingerprint density at radius 1 is 1.16 bits per heavy atom. The molecule has 4 nitrogen and oxygen atoms in total. The quantitative estimate of drug-likeness (QED) is 0.283. The number of hydrogen-bond acceptors (Lipinski definition) is 2. The highest BCUT2D eigenvalue weighted by atomic mass is 127. The van der Waals surface area contributed by atoms with Gasteiger partial charge in [0.25, 0.3) is 0 Å². The standard InChI is InChI=1S/C20H32N4.HI/c1-21-20(22-13-12-17-8-5-4-6-9-17)23-15-18-10-7-11-19(14-18)16-24(2)3;/h7-8,10-11,14H,4-6,9,12-13,15-16H2,1-3H3,(H2,21,22,23);1H. The van der Waals surface area contributed by atoms with E-state index in [0.717, 1.165) is 32.0 Å². The van der Waals surface area contributed by atoms with Gasteiger partial charge in [-0.2, -0.15) is 0 Å². The zero-order valence-electron chi connectivity index (χ0n) is 15.8. The third-order valence-electron chi connectivity index (χ3n) is 4.30. The van der Waals surface area contributed by atoms with Gasteiger partial charge in [-0.15, -0.1) is 24.0 Å². The van der Waals surface area contributed by atoms with E-state index in [1.54, 1.807) is 5.57 Å². The van der Waals surface area contributed by atoms with Crippen molar-refractivity contribution in [3.05, 3.63) is 47.0 Å². The summed E-state index contributed by atoms with van der Waals surface area (Å²) in [5, 5.41) is 6.83. The summed E-state index contributed by atoms with van der Waals surface area (Å²) in [6.45, 7) is 2.71. The Kier molecular flexibility index (Phi) is 10.8. The largest absolute Gasteiger partial charge is 0.356 e. The van der Waals surface area contributed by atoms with Crippen LogP contribution in [0.3, 0.4) is 0 Å². The van der Waals surface area contributed by atoms with Gasteiger partial charge in [0.1, 0.15) is 0 Å². The van der Waals surface area contributed by atoms with Gasteiger partial charge in [0.2, 0.25) is 0 Å². The molecular formula is C20H33IN4. The maximum absolute atomic E-state index is 4.32. The Balaban J connectivity index is 0.00000312. The molecule has 0 bridgehead atoms. The number of allylic oxidation sites excluding steroid dienone is 1. The second-order valence-corrected chi connectivity index (χ2v) is 6.77. The molecule has 0 unspecified atom stereocenters. The summed E-state index contributed by atoms with van der Waals surface area (Å²) >= 11 is 0. The van der Waals surface area contributed by atoms with Gasteiger partial charge in [-0.3, -0.25) is 4.99 Å². The molecule has 0 saturated carbocycles. The molecule has 25 heavy (non-hydrogen) atoms. The Morgan fingerprint density at radius 3 is 2.64 bits per heavy atom. The van der Waals surface area contributed by atoms with Gasteiger partial charge in [0.05, 0.1) is 0 Å². The summed E-state index contributed by atoms with van der Waals surface area (Å²) in [6.07, 6.45) is 8.77. The van der Waals surface area contributed by atoms with Crippen molar-refractivity contribution in [2.75, 3.05) is 27.7 Å². The van der Waals surface area contributed by atoms with E-state index in [4.69, 9.17) is 0 Å². The number of nitrogens with one attached hydrogen (secondary N) is 2. The minimum atomic E-state index is 0. The third-order valence-corrected chi connectivity index (χ3v) is 4.30. The SMILES string of the molecule is CN=C(NCCC1=CCCCC1)NCc1cccc(CN(C)C)c1.I. The van der Waals surface area contributed by atoms with Crippen LogP contribution < -0.4 is 10.6 Å². The molecular weight excluding hydrogens is 423 g/mol. The van der Waals surface area contributed by atoms with Gasteiger partial charge in [-0.25, -0.2) is 0 Å². The number of rotatable bonds is 7. The average molecular weight is 456 g/mol. The molecule has 0 atom stereocenters. The van der Waals surface area contributed by atoms with E-state index in [1.165, 1.54) is 36.8 Å². The van der Waals surface area contributed by atoms with Crippen LogP contribution in [0.5, 0.6) is 0 Å². The van der Waals surface area contributed by atoms with Gasteiger partial charge >= 0.3 is 0 Å². The van der Waals surface area contributed by atoms with Crippen LogP contribution >= 0.6 is 24.0 Å². The first-order valence-corrected chi connectivity index (χ1v) is 9.02. The van der Waals surface area contributed by atoms with Crippen molar-refractivity contribution in [1.82, 2.24) is 15.5 Å². The van der Waals surface area contributed by atoms with Crippen LogP contribution in [0.2, 0.25) is 0 Å². The Labute approximate surface area is 170 Å². The minimum absolute atomic E-state index is 0. The van der Waals surface area contributed by atoms with E-state index in [1.807, 2.05) is 7.05 Å². The molecule has 0 heterocycles. The molecule has 0 saturated heterocycles. The Hall–Kier alpha value is -1.08. The normalized spacial score (nSPS) is 14.7. The summed E-state index contributed by atoms with van der Waals surface area (Å²) in [6, 6.07) is 8.72. The molecule has 1 aromatic carbocycles. The van der Waals surface area contributed by atoms with E-state index in [2.05, 4.69) is 65.0 Å². The maximum Gasteiger partial charge on any atom is 0.191 e. The van der Waals surface area contributed by atoms with Crippen molar-refractivity contribution in [1.29, 1.82) is 0 Å². The van der Waals surface area contributed by atoms with Crippen LogP contribution in [0.25, 0.3) is 0 Å². The number of nitrogens with zero attached hydrogens (tertiary/aromatic N) is 2. The highest BCUT2D eigenvalue weighted by Crippen LogP contribution is 2.19. The van der Waals surface area contributed by atoms with Crippen LogP contribution in [0.1, 0.15) is 43.2 Å². The van der Waals surface area contributed by atoms with Crippen molar-refractivity contribution >= 4 is 29.9 Å². The van der Waals surface area contributed by atoms with Crippen LogP contribution in [0.15, 0.2) is 40.9 Å². The number of guanidine groups is 1. The lowest BCUT2D eigenvalue weighted by Gasteiger charge is -2.16. The molecule has 1 aliphatic rings. The zero-order valence-corrected chi connectivity index (χ0v) is 18.2. The van der Waals surface area contributed by atoms with Gasteiger partial charge in [-0.05, 0) is 57.3 Å². The maximum atomic E-state index is 4.32. The first kappa shape index (κ1) is 22.0. The molecule has 0 aromatic heterocycles. The molecule has 140 valence electrons. The highest BCUT2D eigenvalue weighted by molar-refractivity contribution is 14.0. The fourth-order valence-corrected chi connectivity index (χ4v) is 3.08. The van der Waals surface area contributed by atoms with Crippen LogP contribution in [0.4, 0.5) is 0 Å². The molecule has 2 rings (SSSR count). The predicted octanol–water partition coefficient (Wildman–Crippen LogP) is 3.92. The van der Waals surface area contributed by atoms with Gasteiger partial charge < -0.3 is 15.5 Å². The molecule has 2 N–H and O–H groups in total. The topological polar surface area (TPSA) is 39.7 Å². The Morgan fingerprint density at radius 2 is 1.96 bits per heavy atom. The summed E-state index contributed by atoms with van der Waals surface area (Å²) in [7, 11) is 6.02. The first-order valence-electron chi connectivity index (χ1n) is 9.02. The van der Waals surface area contributed by atoms with Crippen molar-refractivity contribution in [3.8, 4) is 0 Å². The van der Waals surface area contributed by atoms with Crippen molar-refractivity contribution in [2.45, 2.75) is 45.2 Å². The van der Waals surface area contributed by atoms with E-state index >= 15 is 0 Å². The minimum Gasteiger partial charge on any atom is -0.356 e. The summed E-state index contributed by atoms with van der Waals surface area (Å²) in [5.74, 6) is 0.879. The second kappa shape index (κ2) is 12.3. The van der Waals surface area contributed by atoms with Crippen LogP contribution in [-0.2, 0) is 13.1 Å². The lowest BCUT2D eigenvalue weighted by molar-refractivity contribution is 0.402. The molecule has 0 aliphatic heterocycles. The predicted molar refractivity (Wildman–Crippen MR) is 119 cm³/mol. The highest BCUT2D eigenvalue weighted by Gasteiger charge is 2.04. The van der Waals surface area contributed by atoms with Crippen molar-refractivity contribution < 1.29 is 0 Å². The number of benzene rings is 1. The van der Waals surface area contributed by atoms with Crippen molar-refractivity contribution in [3.63, 3.8) is 0 Å². The zero-order chi connectivity index (χ0) is 17.2. The second-order valence-electron chi connectivity index (χ2n) is 6.77. The summed E-state index contributed by atoms with van der Waals surface area (Å²) in [4.78, 5) is 6.51. The smallest absolute Gasteiger partial charge is 0.191 e. The summed E-state index contributed by atoms with van der Waals surface area (Å²) < 4.78 is 0. The van der Waals surface area contributed by atoms with Gasteiger partial charge in [-0.1, -0.05) is 35.9 Å². The third kappa shape index (κ3) is 8.72. The lowest BCUT2D eigenvalue weighted by Crippen LogP contribution is -2.37. The molecule has 5 heteroatoms. The van der Waals surface area contributed by atoms with Gasteiger partial charge in [0.15, 0.2) is 5.96 Å². The first-order chi connectivity index (χ1) is 11.7. The number of aliphatic imine (C=N–C) groups is 1. The molecule has 0 radical (unpaired) electrons. The number of hydrogen-bond donors (Lipinski definition) is 2. The van der Waals surface area contributed by atoms with E-state index in [0.29, 0.717) is 0 Å². The van der Waals surface area contributed by atoms with Crippen LogP contribution in [-0.4, -0.2) is 38.5 Å².